The van der Waals surface area contributed by atoms with E-state index in [1.165, 1.54) is 5.56 Å². The normalized spacial score (nSPS) is 14.0. The first-order valence-electron chi connectivity index (χ1n) is 5.97. The van der Waals surface area contributed by atoms with Crippen molar-refractivity contribution in [2.45, 2.75) is 45.7 Å². The van der Waals surface area contributed by atoms with Crippen molar-refractivity contribution in [3.8, 4) is 0 Å². The standard InChI is InChI=1S/C13H24N2S/c1-11(9-12-5-8-16-10-12)14-6-7-15-13(2,3)4/h5,8,10-11,14-15H,6-7,9H2,1-4H3. The third-order valence-electron chi connectivity index (χ3n) is 2.40. The van der Waals surface area contributed by atoms with Crippen molar-refractivity contribution >= 4 is 11.3 Å². The molecule has 1 atom stereocenters. The summed E-state index contributed by atoms with van der Waals surface area (Å²) in [6.45, 7) is 10.9. The molecule has 1 heterocycles. The summed E-state index contributed by atoms with van der Waals surface area (Å²) >= 11 is 1.77. The molecule has 3 heteroatoms. The summed E-state index contributed by atoms with van der Waals surface area (Å²) in [5.41, 5.74) is 1.66. The van der Waals surface area contributed by atoms with Crippen LogP contribution in [0.4, 0.5) is 0 Å². The van der Waals surface area contributed by atoms with Gasteiger partial charge in [-0.25, -0.2) is 0 Å². The predicted molar refractivity (Wildman–Crippen MR) is 73.2 cm³/mol. The molecule has 2 N–H and O–H groups in total. The summed E-state index contributed by atoms with van der Waals surface area (Å²) in [5, 5.41) is 11.4. The van der Waals surface area contributed by atoms with E-state index in [0.717, 1.165) is 19.5 Å². The largest absolute Gasteiger partial charge is 0.313 e. The van der Waals surface area contributed by atoms with Crippen molar-refractivity contribution in [1.82, 2.24) is 10.6 Å². The molecule has 0 saturated heterocycles. The van der Waals surface area contributed by atoms with Gasteiger partial charge in [-0.1, -0.05) is 0 Å². The summed E-state index contributed by atoms with van der Waals surface area (Å²) in [4.78, 5) is 0. The van der Waals surface area contributed by atoms with Crippen LogP contribution in [0.5, 0.6) is 0 Å². The molecule has 0 aliphatic heterocycles. The maximum absolute atomic E-state index is 3.54. The lowest BCUT2D eigenvalue weighted by Gasteiger charge is -2.21. The van der Waals surface area contributed by atoms with E-state index in [0.29, 0.717) is 6.04 Å². The maximum atomic E-state index is 3.54. The second-order valence-corrected chi connectivity index (χ2v) is 6.15. The molecule has 0 aliphatic rings. The highest BCUT2D eigenvalue weighted by atomic mass is 32.1. The van der Waals surface area contributed by atoms with Gasteiger partial charge in [-0.05, 0) is 56.5 Å². The molecule has 0 fully saturated rings. The monoisotopic (exact) mass is 240 g/mol. The fraction of sp³-hybridized carbons (Fsp3) is 0.692. The van der Waals surface area contributed by atoms with Gasteiger partial charge in [0.25, 0.3) is 0 Å². The highest BCUT2D eigenvalue weighted by Crippen LogP contribution is 2.08. The summed E-state index contributed by atoms with van der Waals surface area (Å²) < 4.78 is 0. The van der Waals surface area contributed by atoms with Crippen molar-refractivity contribution in [2.24, 2.45) is 0 Å². The van der Waals surface area contributed by atoms with Crippen LogP contribution in [0.2, 0.25) is 0 Å². The van der Waals surface area contributed by atoms with Crippen LogP contribution in [0, 0.1) is 0 Å². The summed E-state index contributed by atoms with van der Waals surface area (Å²) in [6, 6.07) is 2.76. The summed E-state index contributed by atoms with van der Waals surface area (Å²) in [5.74, 6) is 0. The number of thiophene rings is 1. The Morgan fingerprint density at radius 2 is 2.06 bits per heavy atom. The fourth-order valence-corrected chi connectivity index (χ4v) is 2.27. The average Bonchev–Trinajstić information content (AvgIpc) is 2.63. The molecule has 92 valence electrons. The van der Waals surface area contributed by atoms with Gasteiger partial charge in [0.1, 0.15) is 0 Å². The molecule has 0 radical (unpaired) electrons. The zero-order chi connectivity index (χ0) is 12.0. The van der Waals surface area contributed by atoms with Crippen LogP contribution in [-0.4, -0.2) is 24.7 Å². The van der Waals surface area contributed by atoms with Crippen LogP contribution in [0.15, 0.2) is 16.8 Å². The zero-order valence-electron chi connectivity index (χ0n) is 10.8. The average molecular weight is 240 g/mol. The van der Waals surface area contributed by atoms with E-state index in [4.69, 9.17) is 0 Å². The predicted octanol–water partition coefficient (Wildman–Crippen LogP) is 2.66. The van der Waals surface area contributed by atoms with E-state index >= 15 is 0 Å². The van der Waals surface area contributed by atoms with Crippen LogP contribution in [0.25, 0.3) is 0 Å². The molecule has 2 nitrogen and oxygen atoms in total. The Bertz CT molecular complexity index is 275. The topological polar surface area (TPSA) is 24.1 Å². The van der Waals surface area contributed by atoms with E-state index in [-0.39, 0.29) is 5.54 Å². The van der Waals surface area contributed by atoms with E-state index < -0.39 is 0 Å². The highest BCUT2D eigenvalue weighted by molar-refractivity contribution is 7.07. The number of rotatable bonds is 6. The molecule has 0 aliphatic carbocycles. The number of nitrogens with one attached hydrogen (secondary N) is 2. The maximum Gasteiger partial charge on any atom is 0.00970 e. The van der Waals surface area contributed by atoms with E-state index in [1.54, 1.807) is 11.3 Å². The van der Waals surface area contributed by atoms with Gasteiger partial charge in [-0.15, -0.1) is 0 Å². The van der Waals surface area contributed by atoms with Crippen LogP contribution in [0.1, 0.15) is 33.3 Å². The minimum atomic E-state index is 0.221. The minimum absolute atomic E-state index is 0.221. The minimum Gasteiger partial charge on any atom is -0.313 e. The van der Waals surface area contributed by atoms with E-state index in [1.807, 2.05) is 0 Å². The van der Waals surface area contributed by atoms with Gasteiger partial charge in [0.2, 0.25) is 0 Å². The van der Waals surface area contributed by atoms with Crippen molar-refractivity contribution < 1.29 is 0 Å². The molecule has 0 spiro atoms. The molecule has 0 amide bonds. The Morgan fingerprint density at radius 1 is 1.31 bits per heavy atom. The third kappa shape index (κ3) is 6.26. The Hall–Kier alpha value is -0.380. The van der Waals surface area contributed by atoms with Gasteiger partial charge in [0.15, 0.2) is 0 Å². The third-order valence-corrected chi connectivity index (χ3v) is 3.13. The summed E-state index contributed by atoms with van der Waals surface area (Å²) in [7, 11) is 0. The number of hydrogen-bond donors (Lipinski definition) is 2. The first kappa shape index (κ1) is 13.7. The van der Waals surface area contributed by atoms with Crippen molar-refractivity contribution in [3.63, 3.8) is 0 Å². The SMILES string of the molecule is CC(Cc1ccsc1)NCCNC(C)(C)C. The van der Waals surface area contributed by atoms with Crippen LogP contribution < -0.4 is 10.6 Å². The molecule has 1 unspecified atom stereocenters. The Kier molecular flexibility index (Phi) is 5.46. The van der Waals surface area contributed by atoms with Gasteiger partial charge in [0.05, 0.1) is 0 Å². The highest BCUT2D eigenvalue weighted by Gasteiger charge is 2.08. The molecule has 0 bridgehead atoms. The molecule has 0 saturated carbocycles. The lowest BCUT2D eigenvalue weighted by atomic mass is 10.1. The van der Waals surface area contributed by atoms with Crippen LogP contribution >= 0.6 is 11.3 Å². The summed E-state index contributed by atoms with van der Waals surface area (Å²) in [6.07, 6.45) is 1.12. The van der Waals surface area contributed by atoms with Crippen LogP contribution in [0.3, 0.4) is 0 Å². The molecular formula is C13H24N2S. The van der Waals surface area contributed by atoms with Crippen molar-refractivity contribution in [2.75, 3.05) is 13.1 Å². The fourth-order valence-electron chi connectivity index (χ4n) is 1.59. The smallest absolute Gasteiger partial charge is 0.00970 e. The van der Waals surface area contributed by atoms with Crippen molar-refractivity contribution in [1.29, 1.82) is 0 Å². The van der Waals surface area contributed by atoms with Crippen LogP contribution in [-0.2, 0) is 6.42 Å². The Morgan fingerprint density at radius 3 is 2.62 bits per heavy atom. The molecule has 1 aromatic heterocycles. The van der Waals surface area contributed by atoms with Gasteiger partial charge >= 0.3 is 0 Å². The quantitative estimate of drug-likeness (QED) is 0.747. The molecular weight excluding hydrogens is 216 g/mol. The van der Waals surface area contributed by atoms with E-state index in [9.17, 15) is 0 Å². The van der Waals surface area contributed by atoms with Gasteiger partial charge in [0, 0.05) is 24.7 Å². The number of hydrogen-bond acceptors (Lipinski definition) is 3. The first-order valence-corrected chi connectivity index (χ1v) is 6.91. The lowest BCUT2D eigenvalue weighted by Crippen LogP contribution is -2.42. The van der Waals surface area contributed by atoms with Gasteiger partial charge in [-0.2, -0.15) is 11.3 Å². The lowest BCUT2D eigenvalue weighted by molar-refractivity contribution is 0.412. The molecule has 0 aromatic carbocycles. The van der Waals surface area contributed by atoms with Gasteiger partial charge in [-0.3, -0.25) is 0 Å². The molecule has 1 aromatic rings. The first-order chi connectivity index (χ1) is 7.47. The Balaban J connectivity index is 2.09. The molecule has 1 rings (SSSR count). The second-order valence-electron chi connectivity index (χ2n) is 5.37. The molecule has 16 heavy (non-hydrogen) atoms. The van der Waals surface area contributed by atoms with Gasteiger partial charge < -0.3 is 10.6 Å². The zero-order valence-corrected chi connectivity index (χ0v) is 11.7. The second kappa shape index (κ2) is 6.38. The van der Waals surface area contributed by atoms with E-state index in [2.05, 4.69) is 55.2 Å². The van der Waals surface area contributed by atoms with Crippen molar-refractivity contribution in [3.05, 3.63) is 22.4 Å². The Labute approximate surface area is 103 Å².